The fourth-order valence-electron chi connectivity index (χ4n) is 1.98. The zero-order valence-corrected chi connectivity index (χ0v) is 11.4. The van der Waals surface area contributed by atoms with Crippen LogP contribution in [0.5, 0.6) is 0 Å². The van der Waals surface area contributed by atoms with Gasteiger partial charge in [-0.2, -0.15) is 0 Å². The number of hydrogen-bond donors (Lipinski definition) is 2. The third kappa shape index (κ3) is 4.03. The standard InChI is InChI=1S/C11H24N2O2S/c1-4-11(3,5-2)13-16(14,15)9-10-7-6-8-12-10/h10,12-13H,4-9H2,1-3H3. The number of nitrogens with one attached hydrogen (secondary N) is 2. The van der Waals surface area contributed by atoms with Crippen LogP contribution in [0.1, 0.15) is 46.5 Å². The predicted molar refractivity (Wildman–Crippen MR) is 66.9 cm³/mol. The molecule has 1 heterocycles. The van der Waals surface area contributed by atoms with Gasteiger partial charge in [-0.15, -0.1) is 0 Å². The van der Waals surface area contributed by atoms with Crippen molar-refractivity contribution >= 4 is 10.0 Å². The van der Waals surface area contributed by atoms with E-state index in [4.69, 9.17) is 0 Å². The van der Waals surface area contributed by atoms with Crippen molar-refractivity contribution in [2.24, 2.45) is 0 Å². The van der Waals surface area contributed by atoms with E-state index in [1.807, 2.05) is 20.8 Å². The van der Waals surface area contributed by atoms with Gasteiger partial charge in [-0.05, 0) is 39.2 Å². The maximum atomic E-state index is 12.0. The second-order valence-electron chi connectivity index (χ2n) is 4.94. The lowest BCUT2D eigenvalue weighted by atomic mass is 9.98. The van der Waals surface area contributed by atoms with Gasteiger partial charge in [0.25, 0.3) is 0 Å². The molecule has 1 unspecified atom stereocenters. The first-order chi connectivity index (χ1) is 7.41. The SMILES string of the molecule is CCC(C)(CC)NS(=O)(=O)CC1CCCN1. The van der Waals surface area contributed by atoms with Crippen LogP contribution in [0.25, 0.3) is 0 Å². The van der Waals surface area contributed by atoms with Crippen LogP contribution in [-0.4, -0.2) is 32.3 Å². The molecule has 1 aliphatic heterocycles. The van der Waals surface area contributed by atoms with Crippen LogP contribution in [0.2, 0.25) is 0 Å². The molecule has 16 heavy (non-hydrogen) atoms. The van der Waals surface area contributed by atoms with Gasteiger partial charge >= 0.3 is 0 Å². The summed E-state index contributed by atoms with van der Waals surface area (Å²) >= 11 is 0. The van der Waals surface area contributed by atoms with Gasteiger partial charge in [0.1, 0.15) is 0 Å². The molecule has 0 aromatic carbocycles. The molecule has 0 spiro atoms. The molecule has 0 aliphatic carbocycles. The summed E-state index contributed by atoms with van der Waals surface area (Å²) in [4.78, 5) is 0. The molecule has 0 amide bonds. The molecule has 0 aromatic heterocycles. The number of rotatable bonds is 6. The van der Waals surface area contributed by atoms with Crippen molar-refractivity contribution in [1.29, 1.82) is 0 Å². The number of hydrogen-bond acceptors (Lipinski definition) is 3. The Bertz CT molecular complexity index is 304. The van der Waals surface area contributed by atoms with E-state index in [1.165, 1.54) is 0 Å². The highest BCUT2D eigenvalue weighted by molar-refractivity contribution is 7.89. The molecule has 0 aromatic rings. The minimum atomic E-state index is -3.16. The zero-order valence-electron chi connectivity index (χ0n) is 10.5. The van der Waals surface area contributed by atoms with Gasteiger partial charge in [0.15, 0.2) is 0 Å². The molecular formula is C11H24N2O2S. The van der Waals surface area contributed by atoms with Crippen molar-refractivity contribution in [2.75, 3.05) is 12.3 Å². The summed E-state index contributed by atoms with van der Waals surface area (Å²) < 4.78 is 26.8. The van der Waals surface area contributed by atoms with Gasteiger partial charge in [0, 0.05) is 11.6 Å². The molecule has 5 heteroatoms. The molecule has 1 rings (SSSR count). The summed E-state index contributed by atoms with van der Waals surface area (Å²) in [5.41, 5.74) is -0.294. The summed E-state index contributed by atoms with van der Waals surface area (Å²) in [6.45, 7) is 6.94. The Balaban J connectivity index is 2.56. The lowest BCUT2D eigenvalue weighted by Gasteiger charge is -2.28. The summed E-state index contributed by atoms with van der Waals surface area (Å²) in [7, 11) is -3.16. The Morgan fingerprint density at radius 1 is 1.38 bits per heavy atom. The maximum absolute atomic E-state index is 12.0. The van der Waals surface area contributed by atoms with E-state index in [9.17, 15) is 8.42 Å². The van der Waals surface area contributed by atoms with E-state index in [0.29, 0.717) is 0 Å². The highest BCUT2D eigenvalue weighted by atomic mass is 32.2. The fraction of sp³-hybridized carbons (Fsp3) is 1.00. The van der Waals surface area contributed by atoms with E-state index < -0.39 is 10.0 Å². The topological polar surface area (TPSA) is 58.2 Å². The molecule has 1 saturated heterocycles. The summed E-state index contributed by atoms with van der Waals surface area (Å²) in [6.07, 6.45) is 3.69. The molecule has 1 atom stereocenters. The Hall–Kier alpha value is -0.130. The second kappa shape index (κ2) is 5.47. The zero-order chi connectivity index (χ0) is 12.2. The van der Waals surface area contributed by atoms with Crippen LogP contribution in [0.15, 0.2) is 0 Å². The van der Waals surface area contributed by atoms with Crippen LogP contribution >= 0.6 is 0 Å². The third-order valence-corrected chi connectivity index (χ3v) is 5.19. The first kappa shape index (κ1) is 13.9. The van der Waals surface area contributed by atoms with Crippen molar-refractivity contribution in [2.45, 2.75) is 58.0 Å². The van der Waals surface area contributed by atoms with Crippen LogP contribution in [-0.2, 0) is 10.0 Å². The van der Waals surface area contributed by atoms with Crippen molar-refractivity contribution in [3.05, 3.63) is 0 Å². The molecule has 4 nitrogen and oxygen atoms in total. The fourth-order valence-corrected chi connectivity index (χ4v) is 3.91. The normalized spacial score (nSPS) is 22.6. The Morgan fingerprint density at radius 3 is 2.44 bits per heavy atom. The van der Waals surface area contributed by atoms with Crippen molar-refractivity contribution in [3.63, 3.8) is 0 Å². The molecular weight excluding hydrogens is 224 g/mol. The van der Waals surface area contributed by atoms with Crippen LogP contribution in [0.3, 0.4) is 0 Å². The van der Waals surface area contributed by atoms with E-state index in [0.717, 1.165) is 32.2 Å². The quantitative estimate of drug-likeness (QED) is 0.743. The van der Waals surface area contributed by atoms with Gasteiger partial charge in [-0.1, -0.05) is 13.8 Å². The molecule has 1 aliphatic rings. The highest BCUT2D eigenvalue weighted by Crippen LogP contribution is 2.16. The van der Waals surface area contributed by atoms with Crippen molar-refractivity contribution in [1.82, 2.24) is 10.0 Å². The van der Waals surface area contributed by atoms with Crippen LogP contribution in [0.4, 0.5) is 0 Å². The van der Waals surface area contributed by atoms with E-state index in [-0.39, 0.29) is 17.3 Å². The first-order valence-electron chi connectivity index (χ1n) is 6.16. The van der Waals surface area contributed by atoms with E-state index >= 15 is 0 Å². The number of sulfonamides is 1. The van der Waals surface area contributed by atoms with Crippen LogP contribution in [0, 0.1) is 0 Å². The van der Waals surface area contributed by atoms with Crippen molar-refractivity contribution in [3.8, 4) is 0 Å². The molecule has 96 valence electrons. The third-order valence-electron chi connectivity index (χ3n) is 3.55. The average Bonchev–Trinajstić information content (AvgIpc) is 2.68. The van der Waals surface area contributed by atoms with Crippen LogP contribution < -0.4 is 10.0 Å². The largest absolute Gasteiger partial charge is 0.313 e. The molecule has 0 saturated carbocycles. The lowest BCUT2D eigenvalue weighted by Crippen LogP contribution is -2.48. The minimum Gasteiger partial charge on any atom is -0.313 e. The minimum absolute atomic E-state index is 0.135. The van der Waals surface area contributed by atoms with Gasteiger partial charge in [0.2, 0.25) is 10.0 Å². The van der Waals surface area contributed by atoms with Gasteiger partial charge in [-0.25, -0.2) is 13.1 Å². The summed E-state index contributed by atoms with van der Waals surface area (Å²) in [5.74, 6) is 0.211. The smallest absolute Gasteiger partial charge is 0.213 e. The van der Waals surface area contributed by atoms with E-state index in [1.54, 1.807) is 0 Å². The van der Waals surface area contributed by atoms with E-state index in [2.05, 4.69) is 10.0 Å². The molecule has 0 bridgehead atoms. The Morgan fingerprint density at radius 2 is 2.00 bits per heavy atom. The Labute approximate surface area is 99.2 Å². The van der Waals surface area contributed by atoms with Gasteiger partial charge < -0.3 is 5.32 Å². The van der Waals surface area contributed by atoms with Crippen molar-refractivity contribution < 1.29 is 8.42 Å². The summed E-state index contributed by atoms with van der Waals surface area (Å²) in [6, 6.07) is 0.135. The first-order valence-corrected chi connectivity index (χ1v) is 7.81. The maximum Gasteiger partial charge on any atom is 0.213 e. The summed E-state index contributed by atoms with van der Waals surface area (Å²) in [5, 5.41) is 3.22. The second-order valence-corrected chi connectivity index (χ2v) is 6.71. The van der Waals surface area contributed by atoms with Gasteiger partial charge in [-0.3, -0.25) is 0 Å². The molecule has 2 N–H and O–H groups in total. The molecule has 0 radical (unpaired) electrons. The monoisotopic (exact) mass is 248 g/mol. The lowest BCUT2D eigenvalue weighted by molar-refractivity contribution is 0.387. The average molecular weight is 248 g/mol. The Kier molecular flexibility index (Phi) is 4.76. The molecule has 1 fully saturated rings. The predicted octanol–water partition coefficient (Wildman–Crippen LogP) is 1.24. The highest BCUT2D eigenvalue weighted by Gasteiger charge is 2.29. The van der Waals surface area contributed by atoms with Gasteiger partial charge in [0.05, 0.1) is 5.75 Å².